The minimum atomic E-state index is 0.531. The molecule has 0 bridgehead atoms. The molecule has 0 aliphatic heterocycles. The first-order valence-electron chi connectivity index (χ1n) is 3.37. The highest BCUT2D eigenvalue weighted by Crippen LogP contribution is 2.20. The van der Waals surface area contributed by atoms with E-state index in [1.165, 1.54) is 0 Å². The van der Waals surface area contributed by atoms with Crippen molar-refractivity contribution in [1.29, 1.82) is 0 Å². The third kappa shape index (κ3) is 1.43. The fourth-order valence-corrected chi connectivity index (χ4v) is 1.20. The summed E-state index contributed by atoms with van der Waals surface area (Å²) in [6, 6.07) is 3.65. The molecule has 58 valence electrons. The average Bonchev–Trinajstić information content (AvgIpc) is 1.99. The Balaban J connectivity index is 3.40. The highest BCUT2D eigenvalue weighted by atomic mass is 35.5. The van der Waals surface area contributed by atoms with Crippen LogP contribution in [0.5, 0.6) is 0 Å². The highest BCUT2D eigenvalue weighted by molar-refractivity contribution is 6.33. The fourth-order valence-electron chi connectivity index (χ4n) is 0.949. The Morgan fingerprint density at radius 3 is 2.45 bits per heavy atom. The molecule has 1 nitrogen and oxygen atoms in total. The lowest BCUT2D eigenvalue weighted by Gasteiger charge is -2.03. The molecule has 0 atom stereocenters. The summed E-state index contributed by atoms with van der Waals surface area (Å²) in [5.41, 5.74) is 2.66. The number of benzene rings is 1. The molecule has 0 saturated heterocycles. The van der Waals surface area contributed by atoms with Gasteiger partial charge in [-0.25, -0.2) is 0 Å². The van der Waals surface area contributed by atoms with Gasteiger partial charge in [0, 0.05) is 5.56 Å². The summed E-state index contributed by atoms with van der Waals surface area (Å²) in [5, 5.41) is 0.531. The van der Waals surface area contributed by atoms with Crippen LogP contribution in [-0.4, -0.2) is 6.29 Å². The molecule has 0 spiro atoms. The van der Waals surface area contributed by atoms with Crippen LogP contribution in [-0.2, 0) is 0 Å². The van der Waals surface area contributed by atoms with Gasteiger partial charge in [-0.2, -0.15) is 0 Å². The molecule has 11 heavy (non-hydrogen) atoms. The molecular formula is C9H9ClO. The summed E-state index contributed by atoms with van der Waals surface area (Å²) in [7, 11) is 0. The van der Waals surface area contributed by atoms with Gasteiger partial charge in [-0.3, -0.25) is 4.79 Å². The van der Waals surface area contributed by atoms with Gasteiger partial charge in [0.1, 0.15) is 0 Å². The molecule has 1 rings (SSSR count). The smallest absolute Gasteiger partial charge is 0.151 e. The topological polar surface area (TPSA) is 17.1 Å². The second kappa shape index (κ2) is 3.05. The van der Waals surface area contributed by atoms with Crippen LogP contribution in [0.3, 0.4) is 0 Å². The van der Waals surface area contributed by atoms with E-state index < -0.39 is 0 Å². The molecule has 0 N–H and O–H groups in total. The van der Waals surface area contributed by atoms with Crippen molar-refractivity contribution >= 4 is 17.9 Å². The third-order valence-electron chi connectivity index (χ3n) is 1.85. The minimum Gasteiger partial charge on any atom is -0.298 e. The standard InChI is InChI=1S/C9H9ClO/c1-6-3-4-9(10)8(5-11)7(6)2/h3-5H,1-2H3. The molecule has 0 aromatic heterocycles. The number of hydrogen-bond donors (Lipinski definition) is 0. The van der Waals surface area contributed by atoms with E-state index in [0.29, 0.717) is 10.6 Å². The molecule has 0 aliphatic rings. The van der Waals surface area contributed by atoms with Crippen molar-refractivity contribution in [3.05, 3.63) is 33.8 Å². The van der Waals surface area contributed by atoms with Crippen molar-refractivity contribution in [2.45, 2.75) is 13.8 Å². The Bertz CT molecular complexity index is 292. The maximum atomic E-state index is 10.5. The Kier molecular flexibility index (Phi) is 2.30. The normalized spacial score (nSPS) is 9.73. The fraction of sp³-hybridized carbons (Fsp3) is 0.222. The summed E-state index contributed by atoms with van der Waals surface area (Å²) in [6.45, 7) is 3.85. The van der Waals surface area contributed by atoms with Gasteiger partial charge in [-0.15, -0.1) is 0 Å². The van der Waals surface area contributed by atoms with E-state index in [2.05, 4.69) is 0 Å². The van der Waals surface area contributed by atoms with E-state index in [-0.39, 0.29) is 0 Å². The molecule has 2 heteroatoms. The van der Waals surface area contributed by atoms with Gasteiger partial charge in [-0.1, -0.05) is 17.7 Å². The number of hydrogen-bond acceptors (Lipinski definition) is 1. The van der Waals surface area contributed by atoms with Crippen LogP contribution in [0.2, 0.25) is 5.02 Å². The van der Waals surface area contributed by atoms with Crippen LogP contribution in [0.15, 0.2) is 12.1 Å². The van der Waals surface area contributed by atoms with Gasteiger partial charge in [-0.05, 0) is 31.0 Å². The van der Waals surface area contributed by atoms with E-state index in [1.54, 1.807) is 6.07 Å². The van der Waals surface area contributed by atoms with Crippen molar-refractivity contribution in [2.75, 3.05) is 0 Å². The Labute approximate surface area is 71.0 Å². The summed E-state index contributed by atoms with van der Waals surface area (Å²) in [6.07, 6.45) is 0.796. The first-order valence-corrected chi connectivity index (χ1v) is 3.75. The SMILES string of the molecule is Cc1ccc(Cl)c(C=O)c1C. The second-order valence-electron chi connectivity index (χ2n) is 2.52. The first-order chi connectivity index (χ1) is 5.16. The van der Waals surface area contributed by atoms with E-state index in [9.17, 15) is 4.79 Å². The molecule has 1 aromatic rings. The van der Waals surface area contributed by atoms with Crippen molar-refractivity contribution in [3.8, 4) is 0 Å². The van der Waals surface area contributed by atoms with Crippen LogP contribution >= 0.6 is 11.6 Å². The maximum absolute atomic E-state index is 10.5. The average molecular weight is 169 g/mol. The number of carbonyl (C=O) groups is 1. The zero-order valence-corrected chi connectivity index (χ0v) is 7.27. The highest BCUT2D eigenvalue weighted by Gasteiger charge is 2.03. The van der Waals surface area contributed by atoms with Crippen LogP contribution < -0.4 is 0 Å². The lowest BCUT2D eigenvalue weighted by molar-refractivity contribution is 0.112. The summed E-state index contributed by atoms with van der Waals surface area (Å²) < 4.78 is 0. The molecule has 0 amide bonds. The van der Waals surface area contributed by atoms with Gasteiger partial charge in [0.2, 0.25) is 0 Å². The quantitative estimate of drug-likeness (QED) is 0.590. The number of rotatable bonds is 1. The lowest BCUT2D eigenvalue weighted by Crippen LogP contribution is -1.90. The molecule has 0 aliphatic carbocycles. The van der Waals surface area contributed by atoms with Gasteiger partial charge in [0.15, 0.2) is 6.29 Å². The molecular weight excluding hydrogens is 160 g/mol. The van der Waals surface area contributed by atoms with Gasteiger partial charge in [0.25, 0.3) is 0 Å². The molecule has 0 fully saturated rings. The lowest BCUT2D eigenvalue weighted by atomic mass is 10.0. The molecule has 0 unspecified atom stereocenters. The molecule has 0 heterocycles. The Morgan fingerprint density at radius 2 is 2.00 bits per heavy atom. The monoisotopic (exact) mass is 168 g/mol. The predicted molar refractivity (Wildman–Crippen MR) is 46.3 cm³/mol. The van der Waals surface area contributed by atoms with Crippen LogP contribution in [0.1, 0.15) is 21.5 Å². The van der Waals surface area contributed by atoms with Crippen molar-refractivity contribution in [1.82, 2.24) is 0 Å². The van der Waals surface area contributed by atoms with E-state index in [1.807, 2.05) is 19.9 Å². The van der Waals surface area contributed by atoms with E-state index >= 15 is 0 Å². The summed E-state index contributed by atoms with van der Waals surface area (Å²) in [4.78, 5) is 10.5. The second-order valence-corrected chi connectivity index (χ2v) is 2.93. The van der Waals surface area contributed by atoms with Gasteiger partial charge < -0.3 is 0 Å². The van der Waals surface area contributed by atoms with Crippen LogP contribution in [0, 0.1) is 13.8 Å². The van der Waals surface area contributed by atoms with Gasteiger partial charge >= 0.3 is 0 Å². The van der Waals surface area contributed by atoms with E-state index in [0.717, 1.165) is 17.4 Å². The van der Waals surface area contributed by atoms with Crippen molar-refractivity contribution in [2.24, 2.45) is 0 Å². The minimum absolute atomic E-state index is 0.531. The third-order valence-corrected chi connectivity index (χ3v) is 2.18. The summed E-state index contributed by atoms with van der Waals surface area (Å²) >= 11 is 5.77. The van der Waals surface area contributed by atoms with Gasteiger partial charge in [0.05, 0.1) is 5.02 Å². The number of carbonyl (C=O) groups excluding carboxylic acids is 1. The van der Waals surface area contributed by atoms with E-state index in [4.69, 9.17) is 11.6 Å². The van der Waals surface area contributed by atoms with Crippen molar-refractivity contribution in [3.63, 3.8) is 0 Å². The Morgan fingerprint density at radius 1 is 1.36 bits per heavy atom. The maximum Gasteiger partial charge on any atom is 0.151 e. The first kappa shape index (κ1) is 8.28. The molecule has 0 saturated carbocycles. The molecule has 1 aromatic carbocycles. The number of aryl methyl sites for hydroxylation is 1. The van der Waals surface area contributed by atoms with Crippen LogP contribution in [0.25, 0.3) is 0 Å². The molecule has 0 radical (unpaired) electrons. The zero-order chi connectivity index (χ0) is 8.43. The van der Waals surface area contributed by atoms with Crippen LogP contribution in [0.4, 0.5) is 0 Å². The number of aldehydes is 1. The van der Waals surface area contributed by atoms with Crippen molar-refractivity contribution < 1.29 is 4.79 Å². The largest absolute Gasteiger partial charge is 0.298 e. The predicted octanol–water partition coefficient (Wildman–Crippen LogP) is 2.77. The summed E-state index contributed by atoms with van der Waals surface area (Å²) in [5.74, 6) is 0. The number of halogens is 1. The Hall–Kier alpha value is -0.820. The zero-order valence-electron chi connectivity index (χ0n) is 6.52.